The molecule has 1 aliphatic heterocycles. The predicted molar refractivity (Wildman–Crippen MR) is 105 cm³/mol. The van der Waals surface area contributed by atoms with Crippen LogP contribution in [0.25, 0.3) is 0 Å². The van der Waals surface area contributed by atoms with Gasteiger partial charge in [-0.15, -0.1) is 0 Å². The van der Waals surface area contributed by atoms with Gasteiger partial charge in [0.1, 0.15) is 24.0 Å². The number of hydrogen-bond donors (Lipinski definition) is 2. The molecule has 1 aromatic heterocycles. The van der Waals surface area contributed by atoms with Crippen LogP contribution in [0.1, 0.15) is 31.2 Å². The van der Waals surface area contributed by atoms with Crippen LogP contribution in [0.5, 0.6) is 5.75 Å². The van der Waals surface area contributed by atoms with Gasteiger partial charge in [0.05, 0.1) is 7.11 Å². The molecule has 0 unspecified atom stereocenters. The van der Waals surface area contributed by atoms with E-state index in [1.165, 1.54) is 6.33 Å². The van der Waals surface area contributed by atoms with Gasteiger partial charge < -0.3 is 20.1 Å². The summed E-state index contributed by atoms with van der Waals surface area (Å²) in [5.74, 6) is 0.384. The second kappa shape index (κ2) is 9.51. The van der Waals surface area contributed by atoms with E-state index in [0.717, 1.165) is 11.3 Å². The summed E-state index contributed by atoms with van der Waals surface area (Å²) in [4.78, 5) is 30.4. The van der Waals surface area contributed by atoms with E-state index in [-0.39, 0.29) is 18.7 Å². The van der Waals surface area contributed by atoms with Crippen molar-refractivity contribution in [1.82, 2.24) is 25.0 Å². The van der Waals surface area contributed by atoms with Gasteiger partial charge in [0, 0.05) is 45.4 Å². The van der Waals surface area contributed by atoms with Crippen LogP contribution in [0.15, 0.2) is 36.9 Å². The maximum atomic E-state index is 12.5. The topological polar surface area (TPSA) is 110 Å². The van der Waals surface area contributed by atoms with Crippen LogP contribution in [0, 0.1) is 0 Å². The first kappa shape index (κ1) is 20.8. The Morgan fingerprint density at radius 2 is 1.97 bits per heavy atom. The van der Waals surface area contributed by atoms with Crippen molar-refractivity contribution in [2.24, 2.45) is 0 Å². The number of aryl methyl sites for hydroxylation is 1. The molecule has 0 radical (unpaired) electrons. The molecule has 9 heteroatoms. The van der Waals surface area contributed by atoms with Crippen LogP contribution in [0.2, 0.25) is 0 Å². The molecule has 1 saturated heterocycles. The van der Waals surface area contributed by atoms with E-state index in [1.54, 1.807) is 23.0 Å². The molecule has 0 spiro atoms. The number of aliphatic hydroxyl groups is 1. The summed E-state index contributed by atoms with van der Waals surface area (Å²) in [6.45, 7) is 1.70. The fraction of sp³-hybridized carbons (Fsp3) is 0.500. The Balaban J connectivity index is 1.41. The van der Waals surface area contributed by atoms with Gasteiger partial charge >= 0.3 is 0 Å². The highest BCUT2D eigenvalue weighted by atomic mass is 16.5. The third-order valence-corrected chi connectivity index (χ3v) is 5.22. The molecule has 9 nitrogen and oxygen atoms in total. The van der Waals surface area contributed by atoms with Crippen molar-refractivity contribution in [3.8, 4) is 5.75 Å². The summed E-state index contributed by atoms with van der Waals surface area (Å²) in [6.07, 6.45) is 4.63. The van der Waals surface area contributed by atoms with Crippen molar-refractivity contribution in [3.63, 3.8) is 0 Å². The normalized spacial score (nSPS) is 15.7. The Labute approximate surface area is 169 Å². The molecule has 2 amide bonds. The molecule has 1 fully saturated rings. The van der Waals surface area contributed by atoms with Gasteiger partial charge in [0.2, 0.25) is 5.91 Å². The first-order chi connectivity index (χ1) is 14.0. The summed E-state index contributed by atoms with van der Waals surface area (Å²) in [5.41, 5.74) is -0.521. The molecule has 2 aromatic rings. The Morgan fingerprint density at radius 3 is 2.59 bits per heavy atom. The Bertz CT molecular complexity index is 799. The van der Waals surface area contributed by atoms with E-state index in [4.69, 9.17) is 4.74 Å². The van der Waals surface area contributed by atoms with Gasteiger partial charge in [-0.3, -0.25) is 14.3 Å². The third-order valence-electron chi connectivity index (χ3n) is 5.22. The van der Waals surface area contributed by atoms with Crippen molar-refractivity contribution >= 4 is 11.8 Å². The number of carbonyl (C=O) groups is 2. The predicted octanol–water partition coefficient (Wildman–Crippen LogP) is 0.737. The van der Waals surface area contributed by atoms with Crippen molar-refractivity contribution in [3.05, 3.63) is 42.5 Å². The number of piperidine rings is 1. The van der Waals surface area contributed by atoms with E-state index < -0.39 is 11.5 Å². The first-order valence-electron chi connectivity index (χ1n) is 9.74. The zero-order valence-corrected chi connectivity index (χ0v) is 16.6. The number of amides is 2. The van der Waals surface area contributed by atoms with Crippen LogP contribution in [-0.4, -0.2) is 62.4 Å². The smallest absolute Gasteiger partial charge is 0.252 e. The molecular weight excluding hydrogens is 374 g/mol. The number of ether oxygens (including phenoxy) is 1. The summed E-state index contributed by atoms with van der Waals surface area (Å²) in [6, 6.07) is 7.37. The Morgan fingerprint density at radius 1 is 1.24 bits per heavy atom. The number of hydrogen-bond acceptors (Lipinski definition) is 6. The average Bonchev–Trinajstić information content (AvgIpc) is 3.26. The van der Waals surface area contributed by atoms with Crippen LogP contribution in [-0.2, 0) is 22.7 Å². The molecule has 1 aliphatic rings. The van der Waals surface area contributed by atoms with Gasteiger partial charge in [-0.25, -0.2) is 4.98 Å². The largest absolute Gasteiger partial charge is 0.497 e. The number of nitrogens with zero attached hydrogens (tertiary/aromatic N) is 4. The van der Waals surface area contributed by atoms with E-state index in [1.807, 2.05) is 24.3 Å². The highest BCUT2D eigenvalue weighted by Gasteiger charge is 2.40. The monoisotopic (exact) mass is 401 g/mol. The van der Waals surface area contributed by atoms with Gasteiger partial charge in [0.25, 0.3) is 5.91 Å². The molecule has 29 heavy (non-hydrogen) atoms. The number of carbonyl (C=O) groups excluding carboxylic acids is 2. The molecule has 2 N–H and O–H groups in total. The number of nitrogens with one attached hydrogen (secondary N) is 1. The second-order valence-electron chi connectivity index (χ2n) is 7.21. The highest BCUT2D eigenvalue weighted by molar-refractivity contribution is 5.85. The molecule has 0 bridgehead atoms. The van der Waals surface area contributed by atoms with Crippen molar-refractivity contribution < 1.29 is 19.4 Å². The summed E-state index contributed by atoms with van der Waals surface area (Å²) >= 11 is 0. The number of likely N-dealkylation sites (tertiary alicyclic amines) is 1. The second-order valence-corrected chi connectivity index (χ2v) is 7.21. The lowest BCUT2D eigenvalue weighted by atomic mass is 9.90. The maximum Gasteiger partial charge on any atom is 0.252 e. The van der Waals surface area contributed by atoms with Gasteiger partial charge in [-0.05, 0) is 24.1 Å². The summed E-state index contributed by atoms with van der Waals surface area (Å²) < 4.78 is 6.80. The molecule has 0 atom stereocenters. The molecule has 3 rings (SSSR count). The Kier molecular flexibility index (Phi) is 6.82. The number of methoxy groups -OCH3 is 1. The summed E-state index contributed by atoms with van der Waals surface area (Å²) in [5, 5.41) is 17.5. The lowest BCUT2D eigenvalue weighted by Crippen LogP contribution is -2.54. The molecule has 0 aliphatic carbocycles. The van der Waals surface area contributed by atoms with Crippen molar-refractivity contribution in [2.75, 3.05) is 20.2 Å². The zero-order valence-electron chi connectivity index (χ0n) is 16.6. The molecule has 2 heterocycles. The zero-order chi connectivity index (χ0) is 20.7. The fourth-order valence-electron chi connectivity index (χ4n) is 3.34. The SMILES string of the molecule is COc1ccc(CNC(=O)C2(O)CCN(C(=O)CCCn3cncn3)CC2)cc1. The van der Waals surface area contributed by atoms with Crippen LogP contribution >= 0.6 is 0 Å². The number of aromatic nitrogens is 3. The standard InChI is InChI=1S/C20H27N5O4/c1-29-17-6-4-16(5-7-17)13-22-19(27)20(28)8-11-24(12-9-20)18(26)3-2-10-25-15-21-14-23-25/h4-7,14-15,28H,2-3,8-13H2,1H3,(H,22,27). The summed E-state index contributed by atoms with van der Waals surface area (Å²) in [7, 11) is 1.60. The third kappa shape index (κ3) is 5.54. The van der Waals surface area contributed by atoms with Crippen molar-refractivity contribution in [2.45, 2.75) is 44.4 Å². The molecular formula is C20H27N5O4. The first-order valence-corrected chi connectivity index (χ1v) is 9.74. The molecule has 156 valence electrons. The van der Waals surface area contributed by atoms with Gasteiger partial charge in [0.15, 0.2) is 0 Å². The lowest BCUT2D eigenvalue weighted by molar-refractivity contribution is -0.149. The van der Waals surface area contributed by atoms with Crippen LogP contribution < -0.4 is 10.1 Å². The highest BCUT2D eigenvalue weighted by Crippen LogP contribution is 2.23. The molecule has 0 saturated carbocycles. The van der Waals surface area contributed by atoms with E-state index >= 15 is 0 Å². The van der Waals surface area contributed by atoms with E-state index in [2.05, 4.69) is 15.4 Å². The van der Waals surface area contributed by atoms with Crippen LogP contribution in [0.4, 0.5) is 0 Å². The number of benzene rings is 1. The fourth-order valence-corrected chi connectivity index (χ4v) is 3.34. The maximum absolute atomic E-state index is 12.5. The lowest BCUT2D eigenvalue weighted by Gasteiger charge is -2.37. The van der Waals surface area contributed by atoms with Crippen LogP contribution in [0.3, 0.4) is 0 Å². The minimum Gasteiger partial charge on any atom is -0.497 e. The minimum atomic E-state index is -1.44. The van der Waals surface area contributed by atoms with E-state index in [0.29, 0.717) is 39.0 Å². The van der Waals surface area contributed by atoms with E-state index in [9.17, 15) is 14.7 Å². The molecule has 1 aromatic carbocycles. The Hall–Kier alpha value is -2.94. The quantitative estimate of drug-likeness (QED) is 0.675. The van der Waals surface area contributed by atoms with Gasteiger partial charge in [-0.1, -0.05) is 12.1 Å². The number of rotatable bonds is 8. The minimum absolute atomic E-state index is 0.0332. The average molecular weight is 401 g/mol. The van der Waals surface area contributed by atoms with Crippen molar-refractivity contribution in [1.29, 1.82) is 0 Å². The van der Waals surface area contributed by atoms with Gasteiger partial charge in [-0.2, -0.15) is 5.10 Å².